The zero-order valence-electron chi connectivity index (χ0n) is 14.7. The Morgan fingerprint density at radius 2 is 2.00 bits per heavy atom. The van der Waals surface area contributed by atoms with Crippen molar-refractivity contribution < 1.29 is 4.74 Å². The van der Waals surface area contributed by atoms with Gasteiger partial charge in [0.15, 0.2) is 5.96 Å². The number of hydrogen-bond donors (Lipinski definition) is 2. The number of unbranched alkanes of at least 4 members (excludes halogenated alkanes) is 2. The first-order chi connectivity index (χ1) is 10.1. The summed E-state index contributed by atoms with van der Waals surface area (Å²) in [6, 6.07) is 0.473. The number of guanidine groups is 1. The first-order valence-corrected chi connectivity index (χ1v) is 8.36. The zero-order valence-corrected chi connectivity index (χ0v) is 14.7. The van der Waals surface area contributed by atoms with E-state index in [0.717, 1.165) is 38.7 Å². The van der Waals surface area contributed by atoms with Gasteiger partial charge >= 0.3 is 0 Å². The number of ether oxygens (including phenoxy) is 1. The molecule has 1 atom stereocenters. The van der Waals surface area contributed by atoms with Crippen molar-refractivity contribution in [3.05, 3.63) is 0 Å². The Morgan fingerprint density at radius 3 is 2.62 bits per heavy atom. The molecule has 0 aliphatic heterocycles. The van der Waals surface area contributed by atoms with Crippen molar-refractivity contribution in [1.82, 2.24) is 15.5 Å². The van der Waals surface area contributed by atoms with Crippen molar-refractivity contribution in [1.29, 1.82) is 0 Å². The molecule has 5 heteroatoms. The molecule has 5 nitrogen and oxygen atoms in total. The molecule has 0 amide bonds. The second kappa shape index (κ2) is 14.1. The highest BCUT2D eigenvalue weighted by atomic mass is 16.5. The quantitative estimate of drug-likeness (QED) is 0.329. The summed E-state index contributed by atoms with van der Waals surface area (Å²) in [6.45, 7) is 10.9. The van der Waals surface area contributed by atoms with Gasteiger partial charge in [0.2, 0.25) is 0 Å². The topological polar surface area (TPSA) is 48.9 Å². The van der Waals surface area contributed by atoms with E-state index in [1.807, 2.05) is 0 Å². The van der Waals surface area contributed by atoms with Gasteiger partial charge in [0.25, 0.3) is 0 Å². The second-order valence-corrected chi connectivity index (χ2v) is 5.60. The van der Waals surface area contributed by atoms with Crippen molar-refractivity contribution in [2.24, 2.45) is 4.99 Å². The minimum absolute atomic E-state index is 0.473. The van der Waals surface area contributed by atoms with Gasteiger partial charge in [-0.05, 0) is 27.3 Å². The zero-order chi connectivity index (χ0) is 15.9. The standard InChI is InChI=1S/C16H36N4O/c1-6-8-9-10-15(3)19-16(17-7-2)18-11-12-20(4)13-14-21-5/h15H,6-14H2,1-5H3,(H2,17,18,19). The molecule has 0 rings (SSSR count). The molecule has 0 aromatic heterocycles. The summed E-state index contributed by atoms with van der Waals surface area (Å²) >= 11 is 0. The lowest BCUT2D eigenvalue weighted by molar-refractivity contribution is 0.163. The fraction of sp³-hybridized carbons (Fsp3) is 0.938. The molecule has 21 heavy (non-hydrogen) atoms. The summed E-state index contributed by atoms with van der Waals surface area (Å²) in [5, 5.41) is 6.81. The van der Waals surface area contributed by atoms with Crippen molar-refractivity contribution in [3.8, 4) is 0 Å². The number of rotatable bonds is 12. The molecular formula is C16H36N4O. The van der Waals surface area contributed by atoms with Crippen LogP contribution in [0.15, 0.2) is 4.99 Å². The largest absolute Gasteiger partial charge is 0.383 e. The van der Waals surface area contributed by atoms with Crippen LogP contribution >= 0.6 is 0 Å². The fourth-order valence-electron chi connectivity index (χ4n) is 2.02. The number of likely N-dealkylation sites (N-methyl/N-ethyl adjacent to an activating group) is 1. The first-order valence-electron chi connectivity index (χ1n) is 8.36. The Labute approximate surface area is 131 Å². The Bertz CT molecular complexity index is 259. The van der Waals surface area contributed by atoms with Crippen LogP contribution in [0.25, 0.3) is 0 Å². The Morgan fingerprint density at radius 1 is 1.24 bits per heavy atom. The molecule has 2 N–H and O–H groups in total. The lowest BCUT2D eigenvalue weighted by Gasteiger charge is -2.19. The molecule has 0 fully saturated rings. The van der Waals surface area contributed by atoms with E-state index < -0.39 is 0 Å². The number of nitrogens with one attached hydrogen (secondary N) is 2. The van der Waals surface area contributed by atoms with Gasteiger partial charge < -0.3 is 20.3 Å². The Balaban J connectivity index is 4.05. The molecule has 0 heterocycles. The van der Waals surface area contributed by atoms with Crippen LogP contribution in [0.5, 0.6) is 0 Å². The normalized spacial score (nSPS) is 13.5. The predicted molar refractivity (Wildman–Crippen MR) is 92.1 cm³/mol. The van der Waals surface area contributed by atoms with Crippen molar-refractivity contribution in [2.75, 3.05) is 46.9 Å². The number of hydrogen-bond acceptors (Lipinski definition) is 3. The molecule has 0 aliphatic rings. The average molecular weight is 300 g/mol. The van der Waals surface area contributed by atoms with Crippen LogP contribution in [0, 0.1) is 0 Å². The third-order valence-electron chi connectivity index (χ3n) is 3.40. The summed E-state index contributed by atoms with van der Waals surface area (Å²) in [7, 11) is 3.83. The molecule has 0 spiro atoms. The first kappa shape index (κ1) is 20.2. The van der Waals surface area contributed by atoms with E-state index in [2.05, 4.69) is 48.3 Å². The molecule has 0 saturated carbocycles. The van der Waals surface area contributed by atoms with Crippen molar-refractivity contribution >= 4 is 5.96 Å². The highest BCUT2D eigenvalue weighted by Crippen LogP contribution is 2.02. The summed E-state index contributed by atoms with van der Waals surface area (Å²) < 4.78 is 5.08. The van der Waals surface area contributed by atoms with E-state index in [9.17, 15) is 0 Å². The molecule has 0 radical (unpaired) electrons. The van der Waals surface area contributed by atoms with E-state index in [1.165, 1.54) is 25.7 Å². The van der Waals surface area contributed by atoms with Gasteiger partial charge in [0, 0.05) is 32.8 Å². The van der Waals surface area contributed by atoms with E-state index >= 15 is 0 Å². The van der Waals surface area contributed by atoms with Crippen molar-refractivity contribution in [2.45, 2.75) is 52.5 Å². The molecule has 0 aromatic rings. The maximum absolute atomic E-state index is 5.08. The average Bonchev–Trinajstić information content (AvgIpc) is 2.45. The van der Waals surface area contributed by atoms with E-state index in [4.69, 9.17) is 4.74 Å². The van der Waals surface area contributed by atoms with Gasteiger partial charge in [-0.15, -0.1) is 0 Å². The highest BCUT2D eigenvalue weighted by Gasteiger charge is 2.05. The van der Waals surface area contributed by atoms with Gasteiger partial charge in [-0.2, -0.15) is 0 Å². The third-order valence-corrected chi connectivity index (χ3v) is 3.40. The van der Waals surface area contributed by atoms with Crippen LogP contribution in [0.3, 0.4) is 0 Å². The molecule has 0 aliphatic carbocycles. The number of nitrogens with zero attached hydrogens (tertiary/aromatic N) is 2. The van der Waals surface area contributed by atoms with Crippen LogP contribution in [0.2, 0.25) is 0 Å². The van der Waals surface area contributed by atoms with Crippen LogP contribution in [0.1, 0.15) is 46.5 Å². The smallest absolute Gasteiger partial charge is 0.191 e. The maximum Gasteiger partial charge on any atom is 0.191 e. The van der Waals surface area contributed by atoms with Crippen LogP contribution in [0.4, 0.5) is 0 Å². The molecule has 1 unspecified atom stereocenters. The van der Waals surface area contributed by atoms with Gasteiger partial charge in [0.05, 0.1) is 13.2 Å². The lowest BCUT2D eigenvalue weighted by Crippen LogP contribution is -2.42. The monoisotopic (exact) mass is 300 g/mol. The summed E-state index contributed by atoms with van der Waals surface area (Å²) in [5.74, 6) is 0.932. The van der Waals surface area contributed by atoms with Crippen LogP contribution in [-0.4, -0.2) is 63.8 Å². The molecule has 0 saturated heterocycles. The van der Waals surface area contributed by atoms with Gasteiger partial charge in [0.1, 0.15) is 0 Å². The highest BCUT2D eigenvalue weighted by molar-refractivity contribution is 5.80. The van der Waals surface area contributed by atoms with Gasteiger partial charge in [-0.3, -0.25) is 4.99 Å². The summed E-state index contributed by atoms with van der Waals surface area (Å²) in [4.78, 5) is 6.88. The van der Waals surface area contributed by atoms with Crippen molar-refractivity contribution in [3.63, 3.8) is 0 Å². The Kier molecular flexibility index (Phi) is 13.6. The van der Waals surface area contributed by atoms with E-state index in [1.54, 1.807) is 7.11 Å². The van der Waals surface area contributed by atoms with E-state index in [-0.39, 0.29) is 0 Å². The van der Waals surface area contributed by atoms with Gasteiger partial charge in [-0.1, -0.05) is 26.2 Å². The predicted octanol–water partition coefficient (Wildman–Crippen LogP) is 2.09. The van der Waals surface area contributed by atoms with Crippen LogP contribution < -0.4 is 10.6 Å². The van der Waals surface area contributed by atoms with Gasteiger partial charge in [-0.25, -0.2) is 0 Å². The minimum Gasteiger partial charge on any atom is -0.383 e. The Hall–Kier alpha value is -0.810. The summed E-state index contributed by atoms with van der Waals surface area (Å²) in [5.41, 5.74) is 0. The number of methoxy groups -OCH3 is 1. The minimum atomic E-state index is 0.473. The molecular weight excluding hydrogens is 264 g/mol. The number of aliphatic imine (C=N–C) groups is 1. The molecule has 0 aromatic carbocycles. The van der Waals surface area contributed by atoms with E-state index in [0.29, 0.717) is 6.04 Å². The fourth-order valence-corrected chi connectivity index (χ4v) is 2.02. The summed E-state index contributed by atoms with van der Waals surface area (Å²) in [6.07, 6.45) is 5.06. The third kappa shape index (κ3) is 12.6. The second-order valence-electron chi connectivity index (χ2n) is 5.60. The molecule has 0 bridgehead atoms. The maximum atomic E-state index is 5.08. The van der Waals surface area contributed by atoms with Crippen LogP contribution in [-0.2, 0) is 4.74 Å². The SMILES string of the molecule is CCCCCC(C)NC(=NCCN(C)CCOC)NCC. The lowest BCUT2D eigenvalue weighted by atomic mass is 10.1. The molecule has 126 valence electrons.